The molecule has 18 atom stereocenters. The molecule has 3 unspecified atom stereocenters. The standard InChI is InChI=1S/C30H38N4O6.C29H36N4O6.C29H35N3O7/c1-17-14-24(36)26(20-9-6-10-20)34(3)30(40)18(2)27(37)22(15-19-8-7-13-31-16-19)32-29(39)25(17)33-28(38)21-11-4-5-12-23(21)35;1-16-13-23(35)25(19-8-5-9-19)33-27(37)17(2)26(36)21(14-18-7-6-12-30-15-18)31-29(39)24(16)32-28(38)20-10-3-4-11-22(20)34;1-16-13-23(34)26(19-8-5-9-19)39-29(38)17(2)25(35)21(14-18-7-6-12-30-15-18)31-28(37)24(16)32-27(36)20-10-3-4-11-22(20)33/h4-5,7-8,11-13,16-18,20,22,25-27,35,37H,6,9-10,14-15H2,1-3H3,(H,32,39)(H,33,38);3-4,6-7,10-12,15-17,19,21,24-26,34,36H,5,8-9,13-14H2,1-2H3,(H,31,39)(H,32,38)(H,33,37);3-4,6-7,10-12,15-17,19,21,24-26,33,35H,5,8-9,13-14H2,1-2H3,(H,31,37)(H,32,36)/t17-,18+,22-,25-,26?,27-;16-,17+,21-,24-,25?,26-;16-,17+,21-,24-,25-,26?/m000/s1. The van der Waals surface area contributed by atoms with Crippen LogP contribution in [-0.2, 0) is 67.2 Å². The van der Waals surface area contributed by atoms with Gasteiger partial charge in [0, 0.05) is 69.4 Å². The molecule has 6 aromatic rings. The average molecular weight is 1620 g/mol. The minimum absolute atomic E-state index is 0.00168. The Hall–Kier alpha value is -11.4. The van der Waals surface area contributed by atoms with Crippen molar-refractivity contribution in [2.75, 3.05) is 7.05 Å². The molecule has 8 amide bonds. The number of rotatable bonds is 15. The molecule has 30 nitrogen and oxygen atoms in total. The number of nitrogens with one attached hydrogen (secondary N) is 7. The molecule has 13 N–H and O–H groups in total. The van der Waals surface area contributed by atoms with Gasteiger partial charge in [-0.1, -0.05) is 108 Å². The number of aromatic nitrogens is 3. The molecule has 3 aliphatic carbocycles. The van der Waals surface area contributed by atoms with E-state index >= 15 is 0 Å². The Balaban J connectivity index is 0.000000186. The highest BCUT2D eigenvalue weighted by Crippen LogP contribution is 2.38. The van der Waals surface area contributed by atoms with E-state index in [9.17, 15) is 88.2 Å². The van der Waals surface area contributed by atoms with Gasteiger partial charge >= 0.3 is 5.97 Å². The van der Waals surface area contributed by atoms with Crippen LogP contribution >= 0.6 is 0 Å². The number of phenols is 3. The van der Waals surface area contributed by atoms with Crippen molar-refractivity contribution in [3.05, 3.63) is 180 Å². The number of aliphatic hydroxyl groups excluding tert-OH is 3. The van der Waals surface area contributed by atoms with E-state index in [1.54, 1.807) is 146 Å². The van der Waals surface area contributed by atoms with Crippen molar-refractivity contribution in [2.24, 2.45) is 53.3 Å². The van der Waals surface area contributed by atoms with Crippen molar-refractivity contribution in [3.63, 3.8) is 0 Å². The maximum absolute atomic E-state index is 13.8. The van der Waals surface area contributed by atoms with E-state index in [0.717, 1.165) is 74.5 Å². The maximum Gasteiger partial charge on any atom is 0.312 e. The second-order valence-electron chi connectivity index (χ2n) is 32.5. The number of esters is 1. The summed E-state index contributed by atoms with van der Waals surface area (Å²) in [5, 5.41) is 83.9. The number of aliphatic hydroxyl groups is 3. The summed E-state index contributed by atoms with van der Waals surface area (Å²) in [5.74, 6) is -11.7. The topological polar surface area (TPSA) is 462 Å². The van der Waals surface area contributed by atoms with Crippen molar-refractivity contribution in [2.45, 2.75) is 211 Å². The third-order valence-electron chi connectivity index (χ3n) is 24.0. The van der Waals surface area contributed by atoms with Gasteiger partial charge in [0.1, 0.15) is 35.4 Å². The fourth-order valence-corrected chi connectivity index (χ4v) is 16.0. The number of cyclic esters (lactones) is 1. The number of ketones is 3. The lowest BCUT2D eigenvalue weighted by molar-refractivity contribution is -0.168. The van der Waals surface area contributed by atoms with E-state index in [1.807, 2.05) is 6.07 Å². The summed E-state index contributed by atoms with van der Waals surface area (Å²) < 4.78 is 5.70. The molecule has 6 heterocycles. The summed E-state index contributed by atoms with van der Waals surface area (Å²) in [6, 6.07) is 21.0. The largest absolute Gasteiger partial charge is 0.507 e. The summed E-state index contributed by atoms with van der Waals surface area (Å²) in [4.78, 5) is 174. The molecule has 3 aromatic carbocycles. The lowest BCUT2D eigenvalue weighted by atomic mass is 9.75. The summed E-state index contributed by atoms with van der Waals surface area (Å²) >= 11 is 0. The molecule has 630 valence electrons. The number of hydrogen-bond acceptors (Lipinski definition) is 22. The van der Waals surface area contributed by atoms with Crippen LogP contribution in [0.3, 0.4) is 0 Å². The zero-order chi connectivity index (χ0) is 85.2. The number of carbonyl (C=O) groups excluding carboxylic acids is 12. The van der Waals surface area contributed by atoms with E-state index in [0.29, 0.717) is 0 Å². The fraction of sp³-hybridized carbons (Fsp3) is 0.489. The Morgan fingerprint density at radius 1 is 0.424 bits per heavy atom. The van der Waals surface area contributed by atoms with Crippen LogP contribution in [0.4, 0.5) is 0 Å². The van der Waals surface area contributed by atoms with Crippen LogP contribution in [0.15, 0.2) is 146 Å². The number of nitrogens with zero attached hydrogens (tertiary/aromatic N) is 4. The predicted octanol–water partition coefficient (Wildman–Crippen LogP) is 5.28. The van der Waals surface area contributed by atoms with Crippen molar-refractivity contribution >= 4 is 70.6 Å². The predicted molar refractivity (Wildman–Crippen MR) is 430 cm³/mol. The third kappa shape index (κ3) is 22.5. The Labute approximate surface area is 685 Å². The third-order valence-corrected chi connectivity index (χ3v) is 24.0. The van der Waals surface area contributed by atoms with Gasteiger partial charge in [-0.15, -0.1) is 0 Å². The van der Waals surface area contributed by atoms with E-state index in [4.69, 9.17) is 4.74 Å². The average Bonchev–Trinajstić information content (AvgIpc) is 0.488. The Morgan fingerprint density at radius 3 is 1.12 bits per heavy atom. The number of phenolic OH excluding ortho intramolecular Hbond substituents is 3. The molecule has 6 aliphatic rings. The van der Waals surface area contributed by atoms with Gasteiger partial charge in [-0.2, -0.15) is 0 Å². The number of carbonyl (C=O) groups is 12. The van der Waals surface area contributed by atoms with Crippen molar-refractivity contribution in [1.29, 1.82) is 0 Å². The second kappa shape index (κ2) is 41.2. The first kappa shape index (κ1) is 89.0. The van der Waals surface area contributed by atoms with E-state index < -0.39 is 156 Å². The van der Waals surface area contributed by atoms with Crippen LogP contribution < -0.4 is 37.2 Å². The van der Waals surface area contributed by atoms with Gasteiger partial charge < -0.3 is 77.5 Å². The first-order valence-corrected chi connectivity index (χ1v) is 40.6. The molecule has 0 radical (unpaired) electrons. The number of ether oxygens (including phenoxy) is 1. The quantitative estimate of drug-likeness (QED) is 0.0581. The van der Waals surface area contributed by atoms with Crippen molar-refractivity contribution in [3.8, 4) is 17.2 Å². The first-order chi connectivity index (χ1) is 56.4. The number of aromatic hydroxyl groups is 3. The zero-order valence-electron chi connectivity index (χ0n) is 67.4. The van der Waals surface area contributed by atoms with Gasteiger partial charge in [0.05, 0.1) is 83.0 Å². The molecule has 3 aromatic heterocycles. The maximum atomic E-state index is 13.8. The van der Waals surface area contributed by atoms with Crippen LogP contribution in [0.25, 0.3) is 0 Å². The molecule has 3 aliphatic heterocycles. The Bertz CT molecular complexity index is 4340. The van der Waals surface area contributed by atoms with Crippen molar-refractivity contribution in [1.82, 2.24) is 57.1 Å². The minimum Gasteiger partial charge on any atom is -0.507 e. The highest BCUT2D eigenvalue weighted by Gasteiger charge is 2.47. The molecule has 3 saturated carbocycles. The van der Waals surface area contributed by atoms with Gasteiger partial charge in [0.15, 0.2) is 23.5 Å². The molecule has 118 heavy (non-hydrogen) atoms. The number of benzene rings is 3. The molecule has 12 rings (SSSR count). The lowest BCUT2D eigenvalue weighted by Crippen LogP contribution is -2.60. The molecule has 0 spiro atoms. The second-order valence-corrected chi connectivity index (χ2v) is 32.5. The fourth-order valence-electron chi connectivity index (χ4n) is 16.0. The highest BCUT2D eigenvalue weighted by molar-refractivity contribution is 6.02. The highest BCUT2D eigenvalue weighted by atomic mass is 16.5. The van der Waals surface area contributed by atoms with Gasteiger partial charge in [0.25, 0.3) is 17.7 Å². The van der Waals surface area contributed by atoms with Crippen molar-refractivity contribution < 1.29 is 92.9 Å². The smallest absolute Gasteiger partial charge is 0.312 e. The zero-order valence-corrected chi connectivity index (χ0v) is 67.4. The van der Waals surface area contributed by atoms with Crippen LogP contribution in [0.2, 0.25) is 0 Å². The summed E-state index contributed by atoms with van der Waals surface area (Å²) in [6.07, 6.45) is 12.7. The summed E-state index contributed by atoms with van der Waals surface area (Å²) in [7, 11) is 1.61. The number of para-hydroxylation sites is 3. The minimum atomic E-state index is -1.34. The van der Waals surface area contributed by atoms with Gasteiger partial charge in [-0.25, -0.2) is 0 Å². The molecule has 0 bridgehead atoms. The number of amides is 8. The molecule has 6 fully saturated rings. The Morgan fingerprint density at radius 2 is 0.771 bits per heavy atom. The number of Topliss-reactive ketones (excluding diaryl/α,β-unsaturated/α-hetero) is 3. The normalized spacial score (nSPS) is 28.7. The van der Waals surface area contributed by atoms with E-state index in [-0.39, 0.29) is 113 Å². The van der Waals surface area contributed by atoms with Gasteiger partial charge in [-0.3, -0.25) is 72.5 Å². The lowest BCUT2D eigenvalue weighted by Gasteiger charge is -2.41. The van der Waals surface area contributed by atoms with Crippen LogP contribution in [0.5, 0.6) is 17.2 Å². The van der Waals surface area contributed by atoms with E-state index in [1.165, 1.54) is 48.2 Å². The molecule has 30 heteroatoms. The number of pyridine rings is 3. The van der Waals surface area contributed by atoms with Gasteiger partial charge in [0.2, 0.25) is 29.5 Å². The Kier molecular flexibility index (Phi) is 31.0. The first-order valence-electron chi connectivity index (χ1n) is 40.6. The monoisotopic (exact) mass is 1620 g/mol. The molecular formula is C88H109N11O19. The van der Waals surface area contributed by atoms with Gasteiger partial charge in [-0.05, 0) is 166 Å². The summed E-state index contributed by atoms with van der Waals surface area (Å²) in [5.41, 5.74) is 2.19. The molecular weight excluding hydrogens is 1520 g/mol. The number of hydrogen-bond donors (Lipinski definition) is 13. The SMILES string of the molecule is C[C@H]1CC(=O)C(C2CCC2)N(C)C(=O)[C@H](C)[C@H](O)[C@H](Cc2cccnc2)NC(=O)[C@H]1NC(=O)c1ccccc1O.C[C@H]1CC(=O)C(C2CCC2)NC(=O)[C@H](C)[C@H](O)[C@H](Cc2cccnc2)NC(=O)[C@H]1NC(=O)c1ccccc1O.C[C@H]1CC(=O)C(C2CCC2)OC(=O)[C@H](C)[C@H](O)[C@H](Cc2cccnc2)NC(=O)[C@H]1NC(=O)c1ccccc1O. The van der Waals surface area contributed by atoms with Crippen LogP contribution in [-0.4, -0.2) is 201 Å². The summed E-state index contributed by atoms with van der Waals surface area (Å²) in [6.45, 7) is 9.72. The number of likely N-dealkylation sites (N-methyl/N-ethyl adjacent to an activating group) is 1. The van der Waals surface area contributed by atoms with Crippen LogP contribution in [0.1, 0.15) is 166 Å². The van der Waals surface area contributed by atoms with Crippen LogP contribution in [0, 0.1) is 53.3 Å². The molecule has 3 saturated heterocycles. The van der Waals surface area contributed by atoms with E-state index in [2.05, 4.69) is 52.2 Å².